The maximum absolute atomic E-state index is 13.7. The fourth-order valence-electron chi connectivity index (χ4n) is 1.63. The number of hydrogen-bond acceptors (Lipinski definition) is 2. The Balaban J connectivity index is 2.67. The van der Waals surface area contributed by atoms with Crippen molar-refractivity contribution >= 4 is 12.2 Å². The predicted molar refractivity (Wildman–Crippen MR) is 63.2 cm³/mol. The van der Waals surface area contributed by atoms with Gasteiger partial charge in [-0.1, -0.05) is 11.6 Å². The van der Waals surface area contributed by atoms with Crippen LogP contribution in [-0.4, -0.2) is 14.8 Å². The number of aryl methyl sites for hydroxylation is 1. The van der Waals surface area contributed by atoms with Crippen LogP contribution in [0.15, 0.2) is 18.2 Å². The number of rotatable bonds is 2. The first-order chi connectivity index (χ1) is 7.63. The molecule has 0 atom stereocenters. The van der Waals surface area contributed by atoms with Gasteiger partial charge in [-0.3, -0.25) is 5.10 Å². The standard InChI is InChI=1S/C11H12FN3S/c1-3-15-10(13-14-11(15)16)8-6-7(2)4-5-9(8)12/h4-6H,3H2,1-2H3,(H,14,16). The Hall–Kier alpha value is -1.49. The highest BCUT2D eigenvalue weighted by Gasteiger charge is 2.12. The van der Waals surface area contributed by atoms with Crippen molar-refractivity contribution < 1.29 is 4.39 Å². The third kappa shape index (κ3) is 1.78. The number of nitrogens with one attached hydrogen (secondary N) is 1. The largest absolute Gasteiger partial charge is 0.300 e. The second-order valence-corrected chi connectivity index (χ2v) is 3.97. The zero-order valence-electron chi connectivity index (χ0n) is 9.12. The van der Waals surface area contributed by atoms with Crippen molar-refractivity contribution in [3.63, 3.8) is 0 Å². The maximum Gasteiger partial charge on any atom is 0.195 e. The van der Waals surface area contributed by atoms with Crippen molar-refractivity contribution in [1.29, 1.82) is 0 Å². The average Bonchev–Trinajstić information content (AvgIpc) is 2.63. The van der Waals surface area contributed by atoms with E-state index in [4.69, 9.17) is 12.2 Å². The van der Waals surface area contributed by atoms with Gasteiger partial charge in [0.05, 0.1) is 5.56 Å². The molecule has 2 rings (SSSR count). The monoisotopic (exact) mass is 237 g/mol. The first-order valence-corrected chi connectivity index (χ1v) is 5.46. The van der Waals surface area contributed by atoms with Gasteiger partial charge < -0.3 is 4.57 Å². The minimum Gasteiger partial charge on any atom is -0.300 e. The Bertz CT molecular complexity index is 571. The summed E-state index contributed by atoms with van der Waals surface area (Å²) in [5.41, 5.74) is 1.47. The Kier molecular flexibility index (Phi) is 2.87. The highest BCUT2D eigenvalue weighted by Crippen LogP contribution is 2.22. The number of halogens is 1. The summed E-state index contributed by atoms with van der Waals surface area (Å²) in [7, 11) is 0. The molecule has 0 aliphatic carbocycles. The summed E-state index contributed by atoms with van der Waals surface area (Å²) in [6, 6.07) is 4.95. The van der Waals surface area contributed by atoms with Crippen molar-refractivity contribution in [2.24, 2.45) is 0 Å². The molecule has 0 aliphatic heterocycles. The molecule has 0 saturated carbocycles. The van der Waals surface area contributed by atoms with E-state index in [2.05, 4.69) is 10.2 Å². The summed E-state index contributed by atoms with van der Waals surface area (Å²) in [5.74, 6) is 0.267. The molecule has 0 saturated heterocycles. The molecule has 0 aliphatic rings. The van der Waals surface area contributed by atoms with Gasteiger partial charge in [-0.2, -0.15) is 5.10 Å². The molecule has 84 valence electrons. The van der Waals surface area contributed by atoms with E-state index in [1.807, 2.05) is 13.8 Å². The number of hydrogen-bond donors (Lipinski definition) is 1. The fourth-order valence-corrected chi connectivity index (χ4v) is 1.89. The van der Waals surface area contributed by atoms with Gasteiger partial charge in [-0.05, 0) is 38.2 Å². The summed E-state index contributed by atoms with van der Waals surface area (Å²) >= 11 is 5.07. The first-order valence-electron chi connectivity index (χ1n) is 5.05. The summed E-state index contributed by atoms with van der Waals surface area (Å²) < 4.78 is 16.0. The summed E-state index contributed by atoms with van der Waals surface area (Å²) in [4.78, 5) is 0. The normalized spacial score (nSPS) is 10.7. The number of nitrogens with zero attached hydrogens (tertiary/aromatic N) is 2. The Morgan fingerprint density at radius 2 is 2.25 bits per heavy atom. The van der Waals surface area contributed by atoms with Crippen LogP contribution in [-0.2, 0) is 6.54 Å². The van der Waals surface area contributed by atoms with Gasteiger partial charge in [0.25, 0.3) is 0 Å². The molecular weight excluding hydrogens is 225 g/mol. The second-order valence-electron chi connectivity index (χ2n) is 3.58. The lowest BCUT2D eigenvalue weighted by atomic mass is 10.1. The number of aromatic nitrogens is 3. The Labute approximate surface area is 97.9 Å². The number of H-pyrrole nitrogens is 1. The smallest absolute Gasteiger partial charge is 0.195 e. The molecule has 3 nitrogen and oxygen atoms in total. The van der Waals surface area contributed by atoms with Crippen molar-refractivity contribution in [2.45, 2.75) is 20.4 Å². The quantitative estimate of drug-likeness (QED) is 0.814. The zero-order chi connectivity index (χ0) is 11.7. The SMILES string of the molecule is CCn1c(-c2cc(C)ccc2F)n[nH]c1=S. The van der Waals surface area contributed by atoms with Crippen LogP contribution in [0.25, 0.3) is 11.4 Å². The molecule has 0 bridgehead atoms. The van der Waals surface area contributed by atoms with Crippen molar-refractivity contribution in [2.75, 3.05) is 0 Å². The highest BCUT2D eigenvalue weighted by atomic mass is 32.1. The van der Waals surface area contributed by atoms with Gasteiger partial charge in [0.15, 0.2) is 10.6 Å². The molecule has 0 spiro atoms. The molecule has 0 unspecified atom stereocenters. The van der Waals surface area contributed by atoms with E-state index in [0.717, 1.165) is 5.56 Å². The van der Waals surface area contributed by atoms with Gasteiger partial charge in [0.2, 0.25) is 0 Å². The molecule has 2 aromatic rings. The van der Waals surface area contributed by atoms with E-state index in [1.165, 1.54) is 6.07 Å². The average molecular weight is 237 g/mol. The molecule has 1 aromatic heterocycles. The van der Waals surface area contributed by atoms with Crippen LogP contribution in [0, 0.1) is 17.5 Å². The molecule has 1 heterocycles. The minimum absolute atomic E-state index is 0.283. The van der Waals surface area contributed by atoms with E-state index in [1.54, 1.807) is 16.7 Å². The Morgan fingerprint density at radius 1 is 1.50 bits per heavy atom. The summed E-state index contributed by atoms with van der Waals surface area (Å²) in [6.07, 6.45) is 0. The topological polar surface area (TPSA) is 33.6 Å². The van der Waals surface area contributed by atoms with Crippen LogP contribution < -0.4 is 0 Å². The highest BCUT2D eigenvalue weighted by molar-refractivity contribution is 7.71. The molecule has 1 aromatic carbocycles. The van der Waals surface area contributed by atoms with Gasteiger partial charge in [0, 0.05) is 6.54 Å². The molecule has 5 heteroatoms. The van der Waals surface area contributed by atoms with E-state index in [-0.39, 0.29) is 5.82 Å². The van der Waals surface area contributed by atoms with Crippen molar-refractivity contribution in [1.82, 2.24) is 14.8 Å². The van der Waals surface area contributed by atoms with E-state index < -0.39 is 0 Å². The number of aromatic amines is 1. The predicted octanol–water partition coefficient (Wildman–Crippen LogP) is 3.08. The third-order valence-electron chi connectivity index (χ3n) is 2.44. The van der Waals surface area contributed by atoms with Crippen molar-refractivity contribution in [3.05, 3.63) is 34.4 Å². The maximum atomic E-state index is 13.7. The lowest BCUT2D eigenvalue weighted by Gasteiger charge is -2.05. The van der Waals surface area contributed by atoms with E-state index in [0.29, 0.717) is 22.7 Å². The molecule has 0 radical (unpaired) electrons. The van der Waals surface area contributed by atoms with Crippen LogP contribution in [0.1, 0.15) is 12.5 Å². The minimum atomic E-state index is -0.283. The van der Waals surface area contributed by atoms with Gasteiger partial charge in [-0.15, -0.1) is 0 Å². The number of benzene rings is 1. The van der Waals surface area contributed by atoms with Crippen LogP contribution in [0.4, 0.5) is 4.39 Å². The second kappa shape index (κ2) is 4.17. The van der Waals surface area contributed by atoms with Crippen LogP contribution >= 0.6 is 12.2 Å². The first kappa shape index (κ1) is 11.0. The van der Waals surface area contributed by atoms with Crippen LogP contribution in [0.3, 0.4) is 0 Å². The van der Waals surface area contributed by atoms with Gasteiger partial charge in [0.1, 0.15) is 5.82 Å². The molecular formula is C11H12FN3S. The van der Waals surface area contributed by atoms with E-state index >= 15 is 0 Å². The third-order valence-corrected chi connectivity index (χ3v) is 2.75. The van der Waals surface area contributed by atoms with E-state index in [9.17, 15) is 4.39 Å². The summed E-state index contributed by atoms with van der Waals surface area (Å²) in [5, 5.41) is 6.75. The summed E-state index contributed by atoms with van der Waals surface area (Å²) in [6.45, 7) is 4.53. The van der Waals surface area contributed by atoms with Gasteiger partial charge >= 0.3 is 0 Å². The fraction of sp³-hybridized carbons (Fsp3) is 0.273. The lowest BCUT2D eigenvalue weighted by molar-refractivity contribution is 0.626. The molecule has 1 N–H and O–H groups in total. The zero-order valence-corrected chi connectivity index (χ0v) is 9.94. The molecule has 0 fully saturated rings. The van der Waals surface area contributed by atoms with Crippen LogP contribution in [0.2, 0.25) is 0 Å². The van der Waals surface area contributed by atoms with Gasteiger partial charge in [-0.25, -0.2) is 4.39 Å². The van der Waals surface area contributed by atoms with Crippen LogP contribution in [0.5, 0.6) is 0 Å². The molecule has 0 amide bonds. The van der Waals surface area contributed by atoms with Crippen molar-refractivity contribution in [3.8, 4) is 11.4 Å². The molecule has 16 heavy (non-hydrogen) atoms. The lowest BCUT2D eigenvalue weighted by Crippen LogP contribution is -1.99. The Morgan fingerprint density at radius 3 is 2.94 bits per heavy atom.